The number of carbonyl (C=O) groups is 3. The molecule has 0 unspecified atom stereocenters. The summed E-state index contributed by atoms with van der Waals surface area (Å²) in [6.45, 7) is 3.33. The van der Waals surface area contributed by atoms with Gasteiger partial charge >= 0.3 is 0 Å². The summed E-state index contributed by atoms with van der Waals surface area (Å²) in [6.07, 6.45) is 1.36. The van der Waals surface area contributed by atoms with E-state index in [9.17, 15) is 24.5 Å². The molecule has 3 rings (SSSR count). The van der Waals surface area contributed by atoms with Crippen LogP contribution in [0.1, 0.15) is 38.8 Å². The van der Waals surface area contributed by atoms with Crippen molar-refractivity contribution in [3.8, 4) is 0 Å². The Morgan fingerprint density at radius 2 is 1.55 bits per heavy atom. The number of carbonyl (C=O) groups excluding carboxylic acids is 3. The second-order valence-electron chi connectivity index (χ2n) is 7.32. The lowest BCUT2D eigenvalue weighted by Gasteiger charge is -2.12. The van der Waals surface area contributed by atoms with Crippen molar-refractivity contribution in [1.29, 1.82) is 0 Å². The van der Waals surface area contributed by atoms with Crippen LogP contribution in [-0.4, -0.2) is 22.5 Å². The molecule has 3 aromatic carbocycles. The Kier molecular flexibility index (Phi) is 7.10. The van der Waals surface area contributed by atoms with Crippen LogP contribution in [0.25, 0.3) is 6.08 Å². The number of Topliss-reactive ketones (excluding diaryl/α,β-unsaturated/α-hetero) is 1. The van der Waals surface area contributed by atoms with Gasteiger partial charge in [0.05, 0.1) is 4.92 Å². The van der Waals surface area contributed by atoms with E-state index in [2.05, 4.69) is 10.6 Å². The molecule has 0 saturated carbocycles. The zero-order chi connectivity index (χ0) is 24.0. The Morgan fingerprint density at radius 3 is 2.15 bits per heavy atom. The molecule has 0 atom stereocenters. The topological polar surface area (TPSA) is 118 Å². The van der Waals surface area contributed by atoms with Crippen molar-refractivity contribution in [1.82, 2.24) is 5.32 Å². The minimum Gasteiger partial charge on any atom is -0.321 e. The zero-order valence-electron chi connectivity index (χ0n) is 18.0. The molecule has 0 aliphatic carbocycles. The zero-order valence-corrected chi connectivity index (χ0v) is 18.0. The summed E-state index contributed by atoms with van der Waals surface area (Å²) in [5.41, 5.74) is 2.36. The number of benzene rings is 3. The third kappa shape index (κ3) is 6.20. The highest BCUT2D eigenvalue weighted by Gasteiger charge is 2.16. The maximum Gasteiger partial charge on any atom is 0.272 e. The standard InChI is InChI=1S/C25H21N3O5/c1-16-6-8-20(9-7-16)24(30)27-23(15-18-4-3-5-22(14-18)28(32)33)25(31)26-21-12-10-19(11-13-21)17(2)29/h3-15H,1-2H3,(H,26,31)(H,27,30). The van der Waals surface area contributed by atoms with Gasteiger partial charge in [0.1, 0.15) is 5.70 Å². The molecule has 33 heavy (non-hydrogen) atoms. The third-order valence-corrected chi connectivity index (χ3v) is 4.75. The number of hydrogen-bond donors (Lipinski definition) is 2. The van der Waals surface area contributed by atoms with Gasteiger partial charge in [0.15, 0.2) is 5.78 Å². The van der Waals surface area contributed by atoms with E-state index in [1.165, 1.54) is 31.2 Å². The first-order valence-electron chi connectivity index (χ1n) is 9.99. The summed E-state index contributed by atoms with van der Waals surface area (Å²) in [5, 5.41) is 16.3. The quantitative estimate of drug-likeness (QED) is 0.241. The number of non-ortho nitro benzene ring substituents is 1. The van der Waals surface area contributed by atoms with Gasteiger partial charge in [-0.05, 0) is 61.9 Å². The molecule has 8 nitrogen and oxygen atoms in total. The molecule has 0 aliphatic rings. The molecule has 0 heterocycles. The van der Waals surface area contributed by atoms with E-state index in [0.29, 0.717) is 22.4 Å². The van der Waals surface area contributed by atoms with Crippen LogP contribution in [0.2, 0.25) is 0 Å². The Hall–Kier alpha value is -4.59. The second kappa shape index (κ2) is 10.1. The van der Waals surface area contributed by atoms with E-state index in [0.717, 1.165) is 5.56 Å². The van der Waals surface area contributed by atoms with Crippen molar-refractivity contribution < 1.29 is 19.3 Å². The average molecular weight is 443 g/mol. The summed E-state index contributed by atoms with van der Waals surface area (Å²) in [5.74, 6) is -1.24. The number of nitro benzene ring substituents is 1. The van der Waals surface area contributed by atoms with Gasteiger partial charge in [0.2, 0.25) is 0 Å². The largest absolute Gasteiger partial charge is 0.321 e. The van der Waals surface area contributed by atoms with Crippen molar-refractivity contribution in [2.75, 3.05) is 5.32 Å². The highest BCUT2D eigenvalue weighted by Crippen LogP contribution is 2.17. The van der Waals surface area contributed by atoms with Crippen LogP contribution in [-0.2, 0) is 4.79 Å². The number of ketones is 1. The van der Waals surface area contributed by atoms with Crippen LogP contribution >= 0.6 is 0 Å². The van der Waals surface area contributed by atoms with E-state index >= 15 is 0 Å². The summed E-state index contributed by atoms with van der Waals surface area (Å²) in [7, 11) is 0. The van der Waals surface area contributed by atoms with Crippen LogP contribution in [0.5, 0.6) is 0 Å². The molecule has 0 bridgehead atoms. The molecule has 2 amide bonds. The van der Waals surface area contributed by atoms with Gasteiger partial charge in [-0.2, -0.15) is 0 Å². The minimum atomic E-state index is -0.627. The maximum absolute atomic E-state index is 13.0. The average Bonchev–Trinajstić information content (AvgIpc) is 2.79. The summed E-state index contributed by atoms with van der Waals surface area (Å²) in [4.78, 5) is 47.7. The van der Waals surface area contributed by atoms with Gasteiger partial charge < -0.3 is 10.6 Å². The number of anilines is 1. The van der Waals surface area contributed by atoms with Crippen LogP contribution in [0.15, 0.2) is 78.5 Å². The minimum absolute atomic E-state index is 0.100. The van der Waals surface area contributed by atoms with Crippen molar-refractivity contribution in [2.24, 2.45) is 0 Å². The molecule has 0 fully saturated rings. The number of nitrogens with one attached hydrogen (secondary N) is 2. The predicted molar refractivity (Wildman–Crippen MR) is 125 cm³/mol. The highest BCUT2D eigenvalue weighted by atomic mass is 16.6. The number of rotatable bonds is 7. The van der Waals surface area contributed by atoms with Crippen LogP contribution in [0.3, 0.4) is 0 Å². The van der Waals surface area contributed by atoms with E-state index in [1.54, 1.807) is 54.6 Å². The Morgan fingerprint density at radius 1 is 0.909 bits per heavy atom. The van der Waals surface area contributed by atoms with Crippen molar-refractivity contribution in [2.45, 2.75) is 13.8 Å². The van der Waals surface area contributed by atoms with Crippen LogP contribution in [0.4, 0.5) is 11.4 Å². The summed E-state index contributed by atoms with van der Waals surface area (Å²) >= 11 is 0. The van der Waals surface area contributed by atoms with E-state index < -0.39 is 16.7 Å². The lowest BCUT2D eigenvalue weighted by atomic mass is 10.1. The molecular weight excluding hydrogens is 422 g/mol. The lowest BCUT2D eigenvalue weighted by Crippen LogP contribution is -2.30. The highest BCUT2D eigenvalue weighted by molar-refractivity contribution is 6.10. The predicted octanol–water partition coefficient (Wildman–Crippen LogP) is 4.52. The first-order valence-corrected chi connectivity index (χ1v) is 9.99. The smallest absolute Gasteiger partial charge is 0.272 e. The number of hydrogen-bond acceptors (Lipinski definition) is 5. The van der Waals surface area contributed by atoms with Crippen molar-refractivity contribution in [3.63, 3.8) is 0 Å². The third-order valence-electron chi connectivity index (χ3n) is 4.75. The molecule has 3 aromatic rings. The van der Waals surface area contributed by atoms with Gasteiger partial charge in [-0.15, -0.1) is 0 Å². The molecule has 0 aromatic heterocycles. The fourth-order valence-corrected chi connectivity index (χ4v) is 2.94. The van der Waals surface area contributed by atoms with Crippen LogP contribution < -0.4 is 10.6 Å². The van der Waals surface area contributed by atoms with Gasteiger partial charge in [0, 0.05) is 28.9 Å². The van der Waals surface area contributed by atoms with E-state index in [-0.39, 0.29) is 17.2 Å². The SMILES string of the molecule is CC(=O)c1ccc(NC(=O)C(=Cc2cccc([N+](=O)[O-])c2)NC(=O)c2ccc(C)cc2)cc1. The van der Waals surface area contributed by atoms with Crippen LogP contribution in [0, 0.1) is 17.0 Å². The normalized spacial score (nSPS) is 10.9. The Balaban J connectivity index is 1.91. The molecule has 166 valence electrons. The molecule has 0 radical (unpaired) electrons. The van der Waals surface area contributed by atoms with E-state index in [4.69, 9.17) is 0 Å². The number of aryl methyl sites for hydroxylation is 1. The molecular formula is C25H21N3O5. The number of nitrogens with zero attached hydrogens (tertiary/aromatic N) is 1. The fraction of sp³-hybridized carbons (Fsp3) is 0.0800. The Labute approximate surface area is 190 Å². The van der Waals surface area contributed by atoms with E-state index in [1.807, 2.05) is 6.92 Å². The molecule has 0 saturated heterocycles. The lowest BCUT2D eigenvalue weighted by molar-refractivity contribution is -0.384. The first kappa shape index (κ1) is 23.1. The number of nitro groups is 1. The molecule has 8 heteroatoms. The second-order valence-corrected chi connectivity index (χ2v) is 7.32. The van der Waals surface area contributed by atoms with Crippen molar-refractivity contribution in [3.05, 3.63) is 111 Å². The first-order chi connectivity index (χ1) is 15.7. The van der Waals surface area contributed by atoms with Gasteiger partial charge in [-0.1, -0.05) is 29.8 Å². The summed E-state index contributed by atoms with van der Waals surface area (Å²) in [6, 6.07) is 18.8. The monoisotopic (exact) mass is 443 g/mol. The van der Waals surface area contributed by atoms with Gasteiger partial charge in [-0.3, -0.25) is 24.5 Å². The molecule has 0 spiro atoms. The fourth-order valence-electron chi connectivity index (χ4n) is 2.94. The molecule has 0 aliphatic heterocycles. The van der Waals surface area contributed by atoms with Crippen molar-refractivity contribution >= 4 is 35.0 Å². The number of amides is 2. The maximum atomic E-state index is 13.0. The van der Waals surface area contributed by atoms with Gasteiger partial charge in [-0.25, -0.2) is 0 Å². The molecule has 2 N–H and O–H groups in total. The summed E-state index contributed by atoms with van der Waals surface area (Å²) < 4.78 is 0. The Bertz CT molecular complexity index is 1250. The van der Waals surface area contributed by atoms with Gasteiger partial charge in [0.25, 0.3) is 17.5 Å².